The minimum absolute atomic E-state index is 0.140. The molecule has 0 spiro atoms. The molecule has 3 heterocycles. The molecule has 0 saturated carbocycles. The van der Waals surface area contributed by atoms with Gasteiger partial charge in [-0.1, -0.05) is 6.07 Å². The number of aromatic nitrogens is 1. The van der Waals surface area contributed by atoms with Crippen molar-refractivity contribution in [1.29, 1.82) is 0 Å². The minimum atomic E-state index is -0.763. The Morgan fingerprint density at radius 3 is 2.47 bits per heavy atom. The summed E-state index contributed by atoms with van der Waals surface area (Å²) in [5.74, 6) is -1.16. The van der Waals surface area contributed by atoms with Crippen LogP contribution in [0.2, 0.25) is 0 Å². The number of nitrogens with zero attached hydrogens (tertiary/aromatic N) is 5. The zero-order valence-electron chi connectivity index (χ0n) is 16.4. The molecule has 1 aromatic heterocycles. The highest BCUT2D eigenvalue weighted by molar-refractivity contribution is 6.40. The summed E-state index contributed by atoms with van der Waals surface area (Å²) < 4.78 is 13.2. The number of hydrogen-bond donors (Lipinski definition) is 1. The number of halogens is 1. The smallest absolute Gasteiger partial charge is 0.270 e. The Balaban J connectivity index is 1.41. The van der Waals surface area contributed by atoms with Gasteiger partial charge in [0.2, 0.25) is 5.91 Å². The van der Waals surface area contributed by atoms with Crippen LogP contribution in [0.1, 0.15) is 12.0 Å². The fraction of sp³-hybridized carbons (Fsp3) is 0.333. The summed E-state index contributed by atoms with van der Waals surface area (Å²) in [7, 11) is 0. The molecule has 1 aromatic carbocycles. The van der Waals surface area contributed by atoms with Gasteiger partial charge in [0.05, 0.1) is 5.69 Å². The summed E-state index contributed by atoms with van der Waals surface area (Å²) in [4.78, 5) is 33.1. The second-order valence-electron chi connectivity index (χ2n) is 7.42. The third-order valence-corrected chi connectivity index (χ3v) is 5.37. The summed E-state index contributed by atoms with van der Waals surface area (Å²) in [5.41, 5.74) is 7.47. The zero-order valence-corrected chi connectivity index (χ0v) is 16.4. The van der Waals surface area contributed by atoms with Crippen LogP contribution in [0.5, 0.6) is 0 Å². The summed E-state index contributed by atoms with van der Waals surface area (Å²) in [6, 6.07) is 8.77. The van der Waals surface area contributed by atoms with Crippen molar-refractivity contribution in [3.05, 3.63) is 60.2 Å². The van der Waals surface area contributed by atoms with Crippen molar-refractivity contribution in [2.24, 2.45) is 10.8 Å². The molecular formula is C21H23FN6O2. The zero-order chi connectivity index (χ0) is 21.1. The lowest BCUT2D eigenvalue weighted by atomic mass is 10.1. The number of hydrogen-bond acceptors (Lipinski definition) is 6. The molecule has 30 heavy (non-hydrogen) atoms. The lowest BCUT2D eigenvalue weighted by Crippen LogP contribution is -2.50. The fourth-order valence-corrected chi connectivity index (χ4v) is 3.73. The molecule has 4 rings (SSSR count). The van der Waals surface area contributed by atoms with Crippen molar-refractivity contribution in [1.82, 2.24) is 14.8 Å². The maximum atomic E-state index is 13.2. The summed E-state index contributed by atoms with van der Waals surface area (Å²) in [6.45, 7) is 3.44. The lowest BCUT2D eigenvalue weighted by Gasteiger charge is -2.34. The van der Waals surface area contributed by atoms with Gasteiger partial charge in [0.1, 0.15) is 17.6 Å². The predicted octanol–water partition coefficient (Wildman–Crippen LogP) is 0.985. The average molecular weight is 410 g/mol. The Bertz CT molecular complexity index is 942. The average Bonchev–Trinajstić information content (AvgIpc) is 3.21. The quantitative estimate of drug-likeness (QED) is 0.793. The number of pyridine rings is 1. The van der Waals surface area contributed by atoms with Crippen molar-refractivity contribution in [3.63, 3.8) is 0 Å². The van der Waals surface area contributed by atoms with Crippen molar-refractivity contribution in [2.45, 2.75) is 19.0 Å². The van der Waals surface area contributed by atoms with E-state index in [4.69, 9.17) is 5.73 Å². The second-order valence-corrected chi connectivity index (χ2v) is 7.42. The van der Waals surface area contributed by atoms with Crippen molar-refractivity contribution in [2.75, 3.05) is 31.2 Å². The van der Waals surface area contributed by atoms with E-state index in [2.05, 4.69) is 15.0 Å². The molecule has 0 bridgehead atoms. The second kappa shape index (κ2) is 8.58. The van der Waals surface area contributed by atoms with Crippen LogP contribution in [0.25, 0.3) is 0 Å². The Hall–Kier alpha value is -3.33. The van der Waals surface area contributed by atoms with Gasteiger partial charge in [0.25, 0.3) is 5.91 Å². The van der Waals surface area contributed by atoms with Gasteiger partial charge in [-0.3, -0.25) is 24.5 Å². The Morgan fingerprint density at radius 2 is 1.83 bits per heavy atom. The number of nitrogens with two attached hydrogens (primary N) is 1. The van der Waals surface area contributed by atoms with Gasteiger partial charge < -0.3 is 10.6 Å². The van der Waals surface area contributed by atoms with Gasteiger partial charge in [-0.2, -0.15) is 5.10 Å². The van der Waals surface area contributed by atoms with Crippen molar-refractivity contribution in [3.8, 4) is 0 Å². The molecule has 2 aliphatic rings. The van der Waals surface area contributed by atoms with E-state index in [0.717, 1.165) is 25.2 Å². The van der Waals surface area contributed by atoms with Gasteiger partial charge >= 0.3 is 0 Å². The number of rotatable bonds is 5. The number of carbonyl (C=O) groups is 2. The van der Waals surface area contributed by atoms with Crippen LogP contribution < -0.4 is 10.7 Å². The van der Waals surface area contributed by atoms with Gasteiger partial charge in [0.15, 0.2) is 0 Å². The van der Waals surface area contributed by atoms with Gasteiger partial charge in [-0.25, -0.2) is 4.39 Å². The molecule has 9 heteroatoms. The summed E-state index contributed by atoms with van der Waals surface area (Å²) >= 11 is 0. The summed E-state index contributed by atoms with van der Waals surface area (Å²) in [6.07, 6.45) is 3.73. The molecule has 156 valence electrons. The van der Waals surface area contributed by atoms with Crippen molar-refractivity contribution < 1.29 is 14.0 Å². The maximum Gasteiger partial charge on any atom is 0.270 e. The Kier molecular flexibility index (Phi) is 5.71. The number of hydrazone groups is 1. The van der Waals surface area contributed by atoms with Crippen molar-refractivity contribution >= 4 is 23.2 Å². The van der Waals surface area contributed by atoms with Crippen LogP contribution in [0.3, 0.4) is 0 Å². The first-order valence-corrected chi connectivity index (χ1v) is 9.83. The molecule has 2 aromatic rings. The van der Waals surface area contributed by atoms with Crippen LogP contribution >= 0.6 is 0 Å². The molecule has 2 N–H and O–H groups in total. The minimum Gasteiger partial charge on any atom is -0.368 e. The van der Waals surface area contributed by atoms with Gasteiger partial charge in [-0.05, 0) is 35.9 Å². The van der Waals surface area contributed by atoms with Crippen LogP contribution in [-0.4, -0.2) is 64.5 Å². The molecule has 2 amide bonds. The van der Waals surface area contributed by atoms with Gasteiger partial charge in [0, 0.05) is 51.5 Å². The summed E-state index contributed by atoms with van der Waals surface area (Å²) in [5, 5.41) is 5.78. The monoisotopic (exact) mass is 410 g/mol. The maximum absolute atomic E-state index is 13.2. The normalized spacial score (nSPS) is 19.6. The first-order chi connectivity index (χ1) is 14.5. The highest BCUT2D eigenvalue weighted by Gasteiger charge is 2.37. The molecular weight excluding hydrogens is 387 g/mol. The van der Waals surface area contributed by atoms with E-state index in [0.29, 0.717) is 24.5 Å². The topological polar surface area (TPSA) is 95.1 Å². The van der Waals surface area contributed by atoms with Crippen LogP contribution in [0.15, 0.2) is 53.9 Å². The number of piperazine rings is 1. The van der Waals surface area contributed by atoms with Crippen LogP contribution in [-0.2, 0) is 16.1 Å². The molecule has 2 aliphatic heterocycles. The first kappa shape index (κ1) is 20.0. The number of anilines is 1. The van der Waals surface area contributed by atoms with E-state index in [9.17, 15) is 14.0 Å². The van der Waals surface area contributed by atoms with Crippen LogP contribution in [0.4, 0.5) is 10.1 Å². The predicted molar refractivity (Wildman–Crippen MR) is 110 cm³/mol. The molecule has 0 radical (unpaired) electrons. The van der Waals surface area contributed by atoms with E-state index in [1.54, 1.807) is 11.1 Å². The SMILES string of the molecule is NC(=O)C1CC(C(=O)N2CCN(Cc3cccnc3)CC2)=NN1c1ccc(F)cc1. The van der Waals surface area contributed by atoms with E-state index in [1.807, 2.05) is 18.3 Å². The standard InChI is InChI=1S/C21H23FN6O2/c22-16-3-5-17(6-4-16)28-19(20(23)29)12-18(25-28)21(30)27-10-8-26(9-11-27)14-15-2-1-7-24-13-15/h1-7,13,19H,8-12,14H2,(H2,23,29). The highest BCUT2D eigenvalue weighted by Crippen LogP contribution is 2.25. The Labute approximate surface area is 173 Å². The fourth-order valence-electron chi connectivity index (χ4n) is 3.73. The largest absolute Gasteiger partial charge is 0.368 e. The first-order valence-electron chi connectivity index (χ1n) is 9.83. The lowest BCUT2D eigenvalue weighted by molar-refractivity contribution is -0.125. The number of benzene rings is 1. The molecule has 8 nitrogen and oxygen atoms in total. The number of amides is 2. The number of carbonyl (C=O) groups excluding carboxylic acids is 2. The molecule has 1 saturated heterocycles. The third-order valence-electron chi connectivity index (χ3n) is 5.37. The molecule has 1 atom stereocenters. The number of primary amides is 1. The van der Waals surface area contributed by atoms with E-state index in [-0.39, 0.29) is 12.3 Å². The Morgan fingerprint density at radius 1 is 1.10 bits per heavy atom. The third kappa shape index (κ3) is 4.30. The van der Waals surface area contributed by atoms with E-state index >= 15 is 0 Å². The molecule has 1 unspecified atom stereocenters. The molecule has 1 fully saturated rings. The molecule has 0 aliphatic carbocycles. The van der Waals surface area contributed by atoms with Crippen LogP contribution in [0, 0.1) is 5.82 Å². The van der Waals surface area contributed by atoms with Gasteiger partial charge in [-0.15, -0.1) is 0 Å². The van der Waals surface area contributed by atoms with E-state index < -0.39 is 17.8 Å². The van der Waals surface area contributed by atoms with E-state index in [1.165, 1.54) is 29.3 Å². The highest BCUT2D eigenvalue weighted by atomic mass is 19.1.